The number of halogens is 1. The second kappa shape index (κ2) is 6.91. The number of phenolic OH excluding ortho intramolecular Hbond substituents is 1. The number of carbonyl (C=O) groups is 2. The van der Waals surface area contributed by atoms with E-state index in [0.29, 0.717) is 5.69 Å². The van der Waals surface area contributed by atoms with Gasteiger partial charge in [-0.15, -0.1) is 0 Å². The van der Waals surface area contributed by atoms with Crippen molar-refractivity contribution in [2.24, 2.45) is 0 Å². The molecular weight excluding hydrogens is 308 g/mol. The predicted molar refractivity (Wildman–Crippen MR) is 81.0 cm³/mol. The van der Waals surface area contributed by atoms with Crippen molar-refractivity contribution in [2.75, 3.05) is 11.9 Å². The zero-order valence-electron chi connectivity index (χ0n) is 11.7. The van der Waals surface area contributed by atoms with Gasteiger partial charge in [0.25, 0.3) is 5.91 Å². The van der Waals surface area contributed by atoms with Crippen LogP contribution >= 0.6 is 11.6 Å². The van der Waals surface area contributed by atoms with E-state index < -0.39 is 18.5 Å². The number of aromatic nitrogens is 1. The minimum atomic E-state index is -0.787. The number of amides is 1. The van der Waals surface area contributed by atoms with Crippen LogP contribution in [0.5, 0.6) is 5.75 Å². The van der Waals surface area contributed by atoms with Crippen molar-refractivity contribution < 1.29 is 19.4 Å². The third-order valence-electron chi connectivity index (χ3n) is 2.74. The first kappa shape index (κ1) is 15.8. The highest BCUT2D eigenvalue weighted by Gasteiger charge is 2.15. The third kappa shape index (κ3) is 3.95. The summed E-state index contributed by atoms with van der Waals surface area (Å²) in [7, 11) is 0. The number of anilines is 1. The molecule has 1 amide bonds. The molecule has 114 valence electrons. The van der Waals surface area contributed by atoms with Crippen LogP contribution in [0, 0.1) is 6.92 Å². The summed E-state index contributed by atoms with van der Waals surface area (Å²) >= 11 is 5.80. The Kier molecular flexibility index (Phi) is 4.95. The topological polar surface area (TPSA) is 88.5 Å². The lowest BCUT2D eigenvalue weighted by atomic mass is 10.1. The monoisotopic (exact) mass is 320 g/mol. The lowest BCUT2D eigenvalue weighted by molar-refractivity contribution is -0.119. The number of carbonyl (C=O) groups excluding carboxylic acids is 2. The van der Waals surface area contributed by atoms with E-state index in [0.717, 1.165) is 5.56 Å². The van der Waals surface area contributed by atoms with E-state index in [4.69, 9.17) is 16.3 Å². The highest BCUT2D eigenvalue weighted by molar-refractivity contribution is 6.32. The van der Waals surface area contributed by atoms with Crippen molar-refractivity contribution >= 4 is 29.2 Å². The average Bonchev–Trinajstić information content (AvgIpc) is 2.47. The van der Waals surface area contributed by atoms with Crippen LogP contribution in [0.25, 0.3) is 0 Å². The molecule has 0 saturated heterocycles. The number of benzene rings is 1. The normalized spacial score (nSPS) is 10.1. The number of pyridine rings is 1. The number of esters is 1. The molecule has 2 N–H and O–H groups in total. The minimum Gasteiger partial charge on any atom is -0.507 e. The number of rotatable bonds is 4. The molecule has 0 aliphatic rings. The molecule has 0 aliphatic carbocycles. The fourth-order valence-electron chi connectivity index (χ4n) is 1.69. The zero-order chi connectivity index (χ0) is 16.1. The maximum atomic E-state index is 11.8. The molecular formula is C15H13ClN2O4. The van der Waals surface area contributed by atoms with Gasteiger partial charge in [0.05, 0.1) is 5.69 Å². The molecule has 1 heterocycles. The molecule has 1 aromatic heterocycles. The van der Waals surface area contributed by atoms with Gasteiger partial charge in [-0.1, -0.05) is 17.7 Å². The zero-order valence-corrected chi connectivity index (χ0v) is 12.4. The smallest absolute Gasteiger partial charge is 0.342 e. The highest BCUT2D eigenvalue weighted by atomic mass is 35.5. The number of hydrogen-bond donors (Lipinski definition) is 2. The molecule has 2 rings (SSSR count). The van der Waals surface area contributed by atoms with E-state index in [1.165, 1.54) is 18.3 Å². The quantitative estimate of drug-likeness (QED) is 0.667. The second-order valence-electron chi connectivity index (χ2n) is 4.49. The first-order chi connectivity index (χ1) is 10.5. The number of nitrogens with zero attached hydrogens (tertiary/aromatic N) is 1. The summed E-state index contributed by atoms with van der Waals surface area (Å²) in [6.45, 7) is 1.28. The van der Waals surface area contributed by atoms with E-state index in [1.54, 1.807) is 25.1 Å². The molecule has 22 heavy (non-hydrogen) atoms. The van der Waals surface area contributed by atoms with E-state index in [-0.39, 0.29) is 16.5 Å². The van der Waals surface area contributed by atoms with Gasteiger partial charge in [-0.05, 0) is 36.8 Å². The van der Waals surface area contributed by atoms with Gasteiger partial charge in [0.2, 0.25) is 0 Å². The molecule has 0 bridgehead atoms. The predicted octanol–water partition coefficient (Wildman–Crippen LogP) is 2.54. The van der Waals surface area contributed by atoms with Crippen LogP contribution < -0.4 is 5.32 Å². The van der Waals surface area contributed by atoms with Gasteiger partial charge >= 0.3 is 5.97 Å². The van der Waals surface area contributed by atoms with Crippen LogP contribution in [0.2, 0.25) is 5.15 Å². The average molecular weight is 321 g/mol. The molecule has 0 saturated carbocycles. The minimum absolute atomic E-state index is 0.00203. The molecule has 6 nitrogen and oxygen atoms in total. The number of nitrogens with one attached hydrogen (secondary N) is 1. The Balaban J connectivity index is 1.93. The van der Waals surface area contributed by atoms with E-state index in [1.807, 2.05) is 0 Å². The van der Waals surface area contributed by atoms with Gasteiger partial charge in [-0.3, -0.25) is 4.79 Å². The maximum absolute atomic E-state index is 11.8. The van der Waals surface area contributed by atoms with Gasteiger partial charge in [-0.25, -0.2) is 9.78 Å². The summed E-state index contributed by atoms with van der Waals surface area (Å²) in [6, 6.07) is 7.71. The second-order valence-corrected chi connectivity index (χ2v) is 4.84. The van der Waals surface area contributed by atoms with Crippen molar-refractivity contribution in [3.8, 4) is 5.75 Å². The lowest BCUT2D eigenvalue weighted by Gasteiger charge is -2.08. The fourth-order valence-corrected chi connectivity index (χ4v) is 1.86. The summed E-state index contributed by atoms with van der Waals surface area (Å²) in [4.78, 5) is 27.3. The van der Waals surface area contributed by atoms with Crippen LogP contribution in [-0.4, -0.2) is 28.6 Å². The Labute approximate surface area is 131 Å². The van der Waals surface area contributed by atoms with Crippen LogP contribution in [0.3, 0.4) is 0 Å². The highest BCUT2D eigenvalue weighted by Crippen LogP contribution is 2.20. The Bertz CT molecular complexity index is 718. The molecule has 0 fully saturated rings. The Morgan fingerprint density at radius 1 is 1.36 bits per heavy atom. The van der Waals surface area contributed by atoms with Gasteiger partial charge < -0.3 is 15.2 Å². The number of aromatic hydroxyl groups is 1. The van der Waals surface area contributed by atoms with Gasteiger partial charge in [0.15, 0.2) is 11.8 Å². The Morgan fingerprint density at radius 2 is 2.14 bits per heavy atom. The molecule has 2 aromatic rings. The van der Waals surface area contributed by atoms with Crippen molar-refractivity contribution in [1.29, 1.82) is 0 Å². The molecule has 0 atom stereocenters. The van der Waals surface area contributed by atoms with Crippen molar-refractivity contribution in [1.82, 2.24) is 4.98 Å². The van der Waals surface area contributed by atoms with Crippen molar-refractivity contribution in [2.45, 2.75) is 6.92 Å². The first-order valence-electron chi connectivity index (χ1n) is 6.34. The molecule has 0 spiro atoms. The van der Waals surface area contributed by atoms with Crippen LogP contribution in [0.4, 0.5) is 5.69 Å². The van der Waals surface area contributed by atoms with Gasteiger partial charge in [0, 0.05) is 6.20 Å². The van der Waals surface area contributed by atoms with Crippen LogP contribution in [-0.2, 0) is 9.53 Å². The summed E-state index contributed by atoms with van der Waals surface area (Å²) < 4.78 is 4.85. The van der Waals surface area contributed by atoms with Crippen molar-refractivity contribution in [3.63, 3.8) is 0 Å². The molecule has 0 radical (unpaired) electrons. The Morgan fingerprint density at radius 3 is 2.82 bits per heavy atom. The number of aryl methyl sites for hydroxylation is 1. The molecule has 0 unspecified atom stereocenters. The van der Waals surface area contributed by atoms with Crippen molar-refractivity contribution in [3.05, 3.63) is 52.8 Å². The maximum Gasteiger partial charge on any atom is 0.342 e. The van der Waals surface area contributed by atoms with Gasteiger partial charge in [-0.2, -0.15) is 0 Å². The first-order valence-corrected chi connectivity index (χ1v) is 6.72. The number of ether oxygens (including phenoxy) is 1. The van der Waals surface area contributed by atoms with E-state index >= 15 is 0 Å². The van der Waals surface area contributed by atoms with Crippen LogP contribution in [0.15, 0.2) is 36.5 Å². The fraction of sp³-hybridized carbons (Fsp3) is 0.133. The molecule has 1 aromatic carbocycles. The Hall–Kier alpha value is -2.60. The summed E-state index contributed by atoms with van der Waals surface area (Å²) in [5, 5.41) is 12.3. The molecule has 7 heteroatoms. The largest absolute Gasteiger partial charge is 0.507 e. The standard InChI is InChI=1S/C15H13ClN2O4/c1-9-4-5-10(12(19)7-9)15(21)22-8-13(20)18-11-3-2-6-17-14(11)16/h2-7,19H,8H2,1H3,(H,18,20). The third-order valence-corrected chi connectivity index (χ3v) is 3.04. The summed E-state index contributed by atoms with van der Waals surface area (Å²) in [5.74, 6) is -1.54. The number of hydrogen-bond acceptors (Lipinski definition) is 5. The summed E-state index contributed by atoms with van der Waals surface area (Å²) in [5.41, 5.74) is 1.12. The van der Waals surface area contributed by atoms with Gasteiger partial charge in [0.1, 0.15) is 11.3 Å². The van der Waals surface area contributed by atoms with E-state index in [2.05, 4.69) is 10.3 Å². The summed E-state index contributed by atoms with van der Waals surface area (Å²) in [6.07, 6.45) is 1.48. The van der Waals surface area contributed by atoms with E-state index in [9.17, 15) is 14.7 Å². The lowest BCUT2D eigenvalue weighted by Crippen LogP contribution is -2.21. The van der Waals surface area contributed by atoms with Crippen LogP contribution in [0.1, 0.15) is 15.9 Å². The SMILES string of the molecule is Cc1ccc(C(=O)OCC(=O)Nc2cccnc2Cl)c(O)c1. The number of phenols is 1. The molecule has 0 aliphatic heterocycles.